The zero-order chi connectivity index (χ0) is 11.1. The van der Waals surface area contributed by atoms with E-state index in [9.17, 15) is 4.79 Å². The maximum absolute atomic E-state index is 11.6. The molecule has 4 nitrogen and oxygen atoms in total. The van der Waals surface area contributed by atoms with Gasteiger partial charge in [-0.3, -0.25) is 9.78 Å². The SMILES string of the molecule is CNCC(C)CNC(=O)c1ccncc1. The summed E-state index contributed by atoms with van der Waals surface area (Å²) < 4.78 is 0. The van der Waals surface area contributed by atoms with Crippen LogP contribution in [0.15, 0.2) is 24.5 Å². The summed E-state index contributed by atoms with van der Waals surface area (Å²) in [5, 5.41) is 5.95. The van der Waals surface area contributed by atoms with Crippen LogP contribution in [0, 0.1) is 5.92 Å². The topological polar surface area (TPSA) is 54.0 Å². The normalized spacial score (nSPS) is 12.1. The number of nitrogens with zero attached hydrogens (tertiary/aromatic N) is 1. The lowest BCUT2D eigenvalue weighted by Gasteiger charge is -2.11. The van der Waals surface area contributed by atoms with Crippen molar-refractivity contribution in [1.82, 2.24) is 15.6 Å². The smallest absolute Gasteiger partial charge is 0.251 e. The Morgan fingerprint density at radius 2 is 2.07 bits per heavy atom. The van der Waals surface area contributed by atoms with E-state index in [0.29, 0.717) is 18.0 Å². The first kappa shape index (κ1) is 11.7. The van der Waals surface area contributed by atoms with E-state index in [2.05, 4.69) is 22.5 Å². The first-order valence-corrected chi connectivity index (χ1v) is 5.07. The van der Waals surface area contributed by atoms with Crippen LogP contribution < -0.4 is 10.6 Å². The van der Waals surface area contributed by atoms with Gasteiger partial charge in [-0.1, -0.05) is 6.92 Å². The predicted octanol–water partition coefficient (Wildman–Crippen LogP) is 0.667. The molecule has 1 atom stereocenters. The second kappa shape index (κ2) is 6.14. The summed E-state index contributed by atoms with van der Waals surface area (Å²) >= 11 is 0. The fourth-order valence-electron chi connectivity index (χ4n) is 1.29. The van der Waals surface area contributed by atoms with Gasteiger partial charge < -0.3 is 10.6 Å². The average Bonchev–Trinajstić information content (AvgIpc) is 2.27. The predicted molar refractivity (Wildman–Crippen MR) is 59.7 cm³/mol. The molecule has 1 unspecified atom stereocenters. The Kier molecular flexibility index (Phi) is 4.77. The molecule has 1 amide bonds. The second-order valence-corrected chi connectivity index (χ2v) is 3.61. The largest absolute Gasteiger partial charge is 0.352 e. The van der Waals surface area contributed by atoms with Gasteiger partial charge in [-0.15, -0.1) is 0 Å². The number of nitrogens with one attached hydrogen (secondary N) is 2. The first-order chi connectivity index (χ1) is 7.24. The molecule has 0 aliphatic carbocycles. The van der Waals surface area contributed by atoms with Crippen LogP contribution in [-0.4, -0.2) is 31.0 Å². The fraction of sp³-hybridized carbons (Fsp3) is 0.455. The molecule has 82 valence electrons. The van der Waals surface area contributed by atoms with Crippen LogP contribution in [0.25, 0.3) is 0 Å². The van der Waals surface area contributed by atoms with Gasteiger partial charge in [0.1, 0.15) is 0 Å². The van der Waals surface area contributed by atoms with E-state index < -0.39 is 0 Å². The van der Waals surface area contributed by atoms with Crippen molar-refractivity contribution in [2.75, 3.05) is 20.1 Å². The van der Waals surface area contributed by atoms with Gasteiger partial charge >= 0.3 is 0 Å². The van der Waals surface area contributed by atoms with Crippen molar-refractivity contribution in [3.63, 3.8) is 0 Å². The third-order valence-electron chi connectivity index (χ3n) is 2.11. The standard InChI is InChI=1S/C11H17N3O/c1-9(7-12-2)8-14-11(15)10-3-5-13-6-4-10/h3-6,9,12H,7-8H2,1-2H3,(H,14,15). The van der Waals surface area contributed by atoms with Crippen molar-refractivity contribution < 1.29 is 4.79 Å². The number of rotatable bonds is 5. The Labute approximate surface area is 90.1 Å². The van der Waals surface area contributed by atoms with Gasteiger partial charge in [0, 0.05) is 24.5 Å². The van der Waals surface area contributed by atoms with E-state index in [1.54, 1.807) is 24.5 Å². The van der Waals surface area contributed by atoms with Gasteiger partial charge in [0.15, 0.2) is 0 Å². The van der Waals surface area contributed by atoms with E-state index in [4.69, 9.17) is 0 Å². The summed E-state index contributed by atoms with van der Waals surface area (Å²) in [7, 11) is 1.90. The summed E-state index contributed by atoms with van der Waals surface area (Å²) in [5.41, 5.74) is 0.654. The zero-order valence-corrected chi connectivity index (χ0v) is 9.16. The number of amides is 1. The molecular weight excluding hydrogens is 190 g/mol. The van der Waals surface area contributed by atoms with E-state index in [0.717, 1.165) is 6.54 Å². The van der Waals surface area contributed by atoms with Crippen LogP contribution in [0.1, 0.15) is 17.3 Å². The zero-order valence-electron chi connectivity index (χ0n) is 9.16. The number of aromatic nitrogens is 1. The molecule has 1 aromatic rings. The maximum Gasteiger partial charge on any atom is 0.251 e. The van der Waals surface area contributed by atoms with E-state index in [1.165, 1.54) is 0 Å². The van der Waals surface area contributed by atoms with Gasteiger partial charge in [-0.2, -0.15) is 0 Å². The molecule has 0 aliphatic heterocycles. The van der Waals surface area contributed by atoms with Gasteiger partial charge in [-0.25, -0.2) is 0 Å². The maximum atomic E-state index is 11.6. The molecule has 1 heterocycles. The molecular formula is C11H17N3O. The third-order valence-corrected chi connectivity index (χ3v) is 2.11. The molecule has 4 heteroatoms. The highest BCUT2D eigenvalue weighted by Crippen LogP contribution is 1.96. The molecule has 0 aliphatic rings. The minimum absolute atomic E-state index is 0.0413. The first-order valence-electron chi connectivity index (χ1n) is 5.07. The van der Waals surface area contributed by atoms with Gasteiger partial charge in [0.05, 0.1) is 0 Å². The Hall–Kier alpha value is -1.42. The minimum Gasteiger partial charge on any atom is -0.352 e. The highest BCUT2D eigenvalue weighted by molar-refractivity contribution is 5.93. The molecule has 0 aromatic carbocycles. The quantitative estimate of drug-likeness (QED) is 0.746. The van der Waals surface area contributed by atoms with E-state index in [-0.39, 0.29) is 5.91 Å². The summed E-state index contributed by atoms with van der Waals surface area (Å²) in [4.78, 5) is 15.5. The van der Waals surface area contributed by atoms with Crippen molar-refractivity contribution in [1.29, 1.82) is 0 Å². The molecule has 0 fully saturated rings. The van der Waals surface area contributed by atoms with Crippen molar-refractivity contribution in [3.05, 3.63) is 30.1 Å². The van der Waals surface area contributed by atoms with Crippen LogP contribution in [0.5, 0.6) is 0 Å². The van der Waals surface area contributed by atoms with Crippen molar-refractivity contribution >= 4 is 5.91 Å². The molecule has 0 bridgehead atoms. The lowest BCUT2D eigenvalue weighted by molar-refractivity contribution is 0.0948. The Morgan fingerprint density at radius 3 is 2.67 bits per heavy atom. The summed E-state index contributed by atoms with van der Waals surface area (Å²) in [6, 6.07) is 3.41. The average molecular weight is 207 g/mol. The summed E-state index contributed by atoms with van der Waals surface area (Å²) in [6.07, 6.45) is 3.23. The number of carbonyl (C=O) groups excluding carboxylic acids is 1. The molecule has 0 radical (unpaired) electrons. The van der Waals surface area contributed by atoms with E-state index >= 15 is 0 Å². The molecule has 0 saturated carbocycles. The second-order valence-electron chi connectivity index (χ2n) is 3.61. The number of pyridine rings is 1. The molecule has 1 rings (SSSR count). The molecule has 1 aromatic heterocycles. The van der Waals surface area contributed by atoms with Crippen molar-refractivity contribution in [2.24, 2.45) is 5.92 Å². The Morgan fingerprint density at radius 1 is 1.40 bits per heavy atom. The Bertz CT molecular complexity index is 300. The van der Waals surface area contributed by atoms with Crippen molar-refractivity contribution in [2.45, 2.75) is 6.92 Å². The molecule has 2 N–H and O–H groups in total. The monoisotopic (exact) mass is 207 g/mol. The molecule has 0 spiro atoms. The number of carbonyl (C=O) groups is 1. The van der Waals surface area contributed by atoms with Crippen LogP contribution in [0.2, 0.25) is 0 Å². The van der Waals surface area contributed by atoms with Gasteiger partial charge in [0.25, 0.3) is 5.91 Å². The van der Waals surface area contributed by atoms with Crippen LogP contribution in [0.3, 0.4) is 0 Å². The number of hydrogen-bond donors (Lipinski definition) is 2. The summed E-state index contributed by atoms with van der Waals surface area (Å²) in [6.45, 7) is 3.67. The lowest BCUT2D eigenvalue weighted by Crippen LogP contribution is -2.32. The molecule has 0 saturated heterocycles. The summed E-state index contributed by atoms with van der Waals surface area (Å²) in [5.74, 6) is 0.390. The highest BCUT2D eigenvalue weighted by Gasteiger charge is 2.06. The molecule has 15 heavy (non-hydrogen) atoms. The van der Waals surface area contributed by atoms with E-state index in [1.807, 2.05) is 7.05 Å². The van der Waals surface area contributed by atoms with Crippen LogP contribution in [0.4, 0.5) is 0 Å². The van der Waals surface area contributed by atoms with Gasteiger partial charge in [-0.05, 0) is 31.6 Å². The lowest BCUT2D eigenvalue weighted by atomic mass is 10.1. The van der Waals surface area contributed by atoms with Gasteiger partial charge in [0.2, 0.25) is 0 Å². The van der Waals surface area contributed by atoms with Crippen LogP contribution in [-0.2, 0) is 0 Å². The highest BCUT2D eigenvalue weighted by atomic mass is 16.1. The fourth-order valence-corrected chi connectivity index (χ4v) is 1.29. The van der Waals surface area contributed by atoms with Crippen LogP contribution >= 0.6 is 0 Å². The Balaban J connectivity index is 2.37. The van der Waals surface area contributed by atoms with Crippen molar-refractivity contribution in [3.8, 4) is 0 Å². The number of hydrogen-bond acceptors (Lipinski definition) is 3. The minimum atomic E-state index is -0.0413. The third kappa shape index (κ3) is 4.08.